The summed E-state index contributed by atoms with van der Waals surface area (Å²) in [5, 5.41) is 13.0. The summed E-state index contributed by atoms with van der Waals surface area (Å²) in [6.07, 6.45) is 4.28. The zero-order valence-electron chi connectivity index (χ0n) is 7.97. The lowest BCUT2D eigenvalue weighted by atomic mass is 10.2. The normalized spacial score (nSPS) is 10.2. The van der Waals surface area contributed by atoms with Crippen LogP contribution < -0.4 is 0 Å². The van der Waals surface area contributed by atoms with Crippen LogP contribution >= 0.6 is 11.6 Å². The van der Waals surface area contributed by atoms with Crippen molar-refractivity contribution in [3.8, 4) is 5.75 Å². The minimum absolute atomic E-state index is 0.0638. The molecule has 0 bridgehead atoms. The molecule has 15 heavy (non-hydrogen) atoms. The SMILES string of the molecule is [N-]=[N+]=NCCC=Cc1cccc(O)c1Cl. The largest absolute Gasteiger partial charge is 0.506 e. The zero-order chi connectivity index (χ0) is 11.1. The third kappa shape index (κ3) is 3.54. The average Bonchev–Trinajstić information content (AvgIpc) is 2.24. The number of phenolic OH excluding ortho intramolecular Hbond substituents is 1. The predicted molar refractivity (Wildman–Crippen MR) is 60.8 cm³/mol. The van der Waals surface area contributed by atoms with Crippen LogP contribution in [0, 0.1) is 0 Å². The van der Waals surface area contributed by atoms with E-state index in [1.165, 1.54) is 6.07 Å². The minimum atomic E-state index is 0.0638. The lowest BCUT2D eigenvalue weighted by molar-refractivity contribution is 0.475. The van der Waals surface area contributed by atoms with E-state index in [4.69, 9.17) is 17.1 Å². The number of rotatable bonds is 4. The number of halogens is 1. The lowest BCUT2D eigenvalue weighted by Crippen LogP contribution is -1.77. The van der Waals surface area contributed by atoms with Crippen molar-refractivity contribution in [3.05, 3.63) is 45.3 Å². The van der Waals surface area contributed by atoms with Gasteiger partial charge in [0.15, 0.2) is 0 Å². The van der Waals surface area contributed by atoms with Gasteiger partial charge in [0.25, 0.3) is 0 Å². The van der Waals surface area contributed by atoms with Crippen LogP contribution in [0.15, 0.2) is 29.4 Å². The van der Waals surface area contributed by atoms with Crippen LogP contribution in [-0.2, 0) is 0 Å². The van der Waals surface area contributed by atoms with Gasteiger partial charge in [0.05, 0.1) is 5.02 Å². The van der Waals surface area contributed by atoms with E-state index in [-0.39, 0.29) is 5.75 Å². The highest BCUT2D eigenvalue weighted by Crippen LogP contribution is 2.27. The third-order valence-corrected chi connectivity index (χ3v) is 2.18. The van der Waals surface area contributed by atoms with Crippen molar-refractivity contribution in [2.45, 2.75) is 6.42 Å². The average molecular weight is 224 g/mol. The first-order valence-electron chi connectivity index (χ1n) is 4.40. The Hall–Kier alpha value is -1.64. The topological polar surface area (TPSA) is 69.0 Å². The highest BCUT2D eigenvalue weighted by molar-refractivity contribution is 6.33. The smallest absolute Gasteiger partial charge is 0.134 e. The molecule has 0 atom stereocenters. The van der Waals surface area contributed by atoms with E-state index in [2.05, 4.69) is 10.0 Å². The first-order chi connectivity index (χ1) is 7.25. The second-order valence-corrected chi connectivity index (χ2v) is 3.20. The Morgan fingerprint density at radius 2 is 2.33 bits per heavy atom. The van der Waals surface area contributed by atoms with Gasteiger partial charge in [-0.1, -0.05) is 41.0 Å². The molecule has 1 N–H and O–H groups in total. The van der Waals surface area contributed by atoms with Crippen molar-refractivity contribution >= 4 is 17.7 Å². The van der Waals surface area contributed by atoms with E-state index in [0.717, 1.165) is 5.56 Å². The van der Waals surface area contributed by atoms with Crippen molar-refractivity contribution in [2.75, 3.05) is 6.54 Å². The molecular weight excluding hydrogens is 214 g/mol. The first-order valence-corrected chi connectivity index (χ1v) is 4.78. The highest BCUT2D eigenvalue weighted by atomic mass is 35.5. The zero-order valence-corrected chi connectivity index (χ0v) is 8.72. The van der Waals surface area contributed by atoms with Gasteiger partial charge in [-0.2, -0.15) is 0 Å². The van der Waals surface area contributed by atoms with Crippen molar-refractivity contribution in [2.24, 2.45) is 5.11 Å². The fourth-order valence-corrected chi connectivity index (χ4v) is 1.24. The van der Waals surface area contributed by atoms with E-state index >= 15 is 0 Å². The quantitative estimate of drug-likeness (QED) is 0.359. The number of phenols is 1. The molecule has 0 aliphatic rings. The third-order valence-electron chi connectivity index (χ3n) is 1.76. The van der Waals surface area contributed by atoms with Crippen molar-refractivity contribution in [3.63, 3.8) is 0 Å². The Labute approximate surface area is 92.4 Å². The molecule has 0 aliphatic heterocycles. The first kappa shape index (κ1) is 11.4. The number of benzene rings is 1. The van der Waals surface area contributed by atoms with Gasteiger partial charge < -0.3 is 5.11 Å². The fraction of sp³-hybridized carbons (Fsp3) is 0.200. The molecule has 78 valence electrons. The molecule has 1 aromatic carbocycles. The van der Waals surface area contributed by atoms with Gasteiger partial charge in [0, 0.05) is 11.5 Å². The molecule has 1 aromatic rings. The van der Waals surface area contributed by atoms with E-state index in [1.807, 2.05) is 6.08 Å². The van der Waals surface area contributed by atoms with Crippen molar-refractivity contribution < 1.29 is 5.11 Å². The lowest BCUT2D eigenvalue weighted by Gasteiger charge is -1.99. The maximum Gasteiger partial charge on any atom is 0.134 e. The summed E-state index contributed by atoms with van der Waals surface area (Å²) in [6, 6.07) is 5.04. The minimum Gasteiger partial charge on any atom is -0.506 e. The Morgan fingerprint density at radius 3 is 3.07 bits per heavy atom. The van der Waals surface area contributed by atoms with Crippen LogP contribution in [0.1, 0.15) is 12.0 Å². The number of hydrogen-bond donors (Lipinski definition) is 1. The summed E-state index contributed by atoms with van der Waals surface area (Å²) in [6.45, 7) is 0.420. The van der Waals surface area contributed by atoms with Gasteiger partial charge in [0.2, 0.25) is 0 Å². The molecule has 0 radical (unpaired) electrons. The molecule has 0 amide bonds. The molecule has 0 aromatic heterocycles. The Morgan fingerprint density at radius 1 is 1.53 bits per heavy atom. The summed E-state index contributed by atoms with van der Waals surface area (Å²) in [7, 11) is 0. The summed E-state index contributed by atoms with van der Waals surface area (Å²) in [4.78, 5) is 2.64. The predicted octanol–water partition coefficient (Wildman–Crippen LogP) is 3.76. The highest BCUT2D eigenvalue weighted by Gasteiger charge is 2.00. The monoisotopic (exact) mass is 223 g/mol. The van der Waals surface area contributed by atoms with Crippen LogP contribution in [0.25, 0.3) is 16.5 Å². The maximum absolute atomic E-state index is 9.31. The molecular formula is C10H10ClN3O. The van der Waals surface area contributed by atoms with E-state index in [0.29, 0.717) is 18.0 Å². The number of nitrogens with zero attached hydrogens (tertiary/aromatic N) is 3. The second-order valence-electron chi connectivity index (χ2n) is 2.83. The van der Waals surface area contributed by atoms with Gasteiger partial charge in [-0.25, -0.2) is 0 Å². The molecule has 5 heteroatoms. The van der Waals surface area contributed by atoms with Crippen molar-refractivity contribution in [1.29, 1.82) is 0 Å². The molecule has 4 nitrogen and oxygen atoms in total. The maximum atomic E-state index is 9.31. The Balaban J connectivity index is 2.64. The second kappa shape index (κ2) is 5.96. The molecule has 0 saturated carbocycles. The summed E-state index contributed by atoms with van der Waals surface area (Å²) < 4.78 is 0. The van der Waals surface area contributed by atoms with Gasteiger partial charge in [0.1, 0.15) is 5.75 Å². The molecule has 0 aliphatic carbocycles. The molecule has 0 spiro atoms. The Kier molecular flexibility index (Phi) is 4.54. The van der Waals surface area contributed by atoms with Crippen LogP contribution in [0.3, 0.4) is 0 Å². The van der Waals surface area contributed by atoms with Crippen LogP contribution in [-0.4, -0.2) is 11.7 Å². The molecule has 1 rings (SSSR count). The number of aromatic hydroxyl groups is 1. The van der Waals surface area contributed by atoms with Crippen LogP contribution in [0.2, 0.25) is 5.02 Å². The Bertz CT molecular complexity index is 411. The van der Waals surface area contributed by atoms with Gasteiger partial charge in [-0.15, -0.1) is 0 Å². The summed E-state index contributed by atoms with van der Waals surface area (Å²) in [5.74, 6) is 0.0638. The molecule has 0 fully saturated rings. The van der Waals surface area contributed by atoms with Crippen LogP contribution in [0.4, 0.5) is 0 Å². The number of hydrogen-bond acceptors (Lipinski definition) is 2. The van der Waals surface area contributed by atoms with Gasteiger partial charge >= 0.3 is 0 Å². The molecule has 0 saturated heterocycles. The van der Waals surface area contributed by atoms with E-state index < -0.39 is 0 Å². The standard InChI is InChI=1S/C10H10ClN3O/c11-10-8(5-3-6-9(10)15)4-1-2-7-13-14-12/h1,3-6,15H,2,7H2. The fourth-order valence-electron chi connectivity index (χ4n) is 1.05. The van der Waals surface area contributed by atoms with Gasteiger partial charge in [-0.3, -0.25) is 0 Å². The summed E-state index contributed by atoms with van der Waals surface area (Å²) in [5.41, 5.74) is 8.79. The van der Waals surface area contributed by atoms with Crippen molar-refractivity contribution in [1.82, 2.24) is 0 Å². The van der Waals surface area contributed by atoms with Crippen LogP contribution in [0.5, 0.6) is 5.75 Å². The molecule has 0 heterocycles. The van der Waals surface area contributed by atoms with Gasteiger partial charge in [-0.05, 0) is 23.6 Å². The van der Waals surface area contributed by atoms with E-state index in [9.17, 15) is 5.11 Å². The van der Waals surface area contributed by atoms with E-state index in [1.54, 1.807) is 18.2 Å². The summed E-state index contributed by atoms with van der Waals surface area (Å²) >= 11 is 5.85. The number of azide groups is 1. The molecule has 0 unspecified atom stereocenters.